The van der Waals surface area contributed by atoms with Crippen molar-refractivity contribution in [3.63, 3.8) is 0 Å². The van der Waals surface area contributed by atoms with Crippen LogP contribution in [0.3, 0.4) is 0 Å². The van der Waals surface area contributed by atoms with Crippen LogP contribution in [0.1, 0.15) is 11.8 Å². The lowest BCUT2D eigenvalue weighted by molar-refractivity contribution is 0.0911. The fourth-order valence-electron chi connectivity index (χ4n) is 0.901. The van der Waals surface area contributed by atoms with E-state index < -0.39 is 12.7 Å². The minimum Gasteiger partial charge on any atom is -0.477 e. The summed E-state index contributed by atoms with van der Waals surface area (Å²) in [6.07, 6.45) is 0.268. The molecule has 6 heteroatoms. The lowest BCUT2D eigenvalue weighted by Crippen LogP contribution is -2.07. The van der Waals surface area contributed by atoms with Crippen molar-refractivity contribution in [1.82, 2.24) is 9.97 Å². The molecule has 0 aromatic carbocycles. The maximum Gasteiger partial charge on any atom is 0.278 e. The Morgan fingerprint density at radius 1 is 1.36 bits per heavy atom. The second-order valence-electron chi connectivity index (χ2n) is 2.51. The second-order valence-corrected chi connectivity index (χ2v) is 2.51. The number of nitrogens with zero attached hydrogens (tertiary/aromatic N) is 2. The summed E-state index contributed by atoms with van der Waals surface area (Å²) in [6.45, 7) is -0.413. The molecule has 0 saturated heterocycles. The molecule has 1 atom stereocenters. The zero-order valence-corrected chi connectivity index (χ0v) is 7.97. The van der Waals surface area contributed by atoms with E-state index in [0.29, 0.717) is 0 Å². The summed E-state index contributed by atoms with van der Waals surface area (Å²) in [5.74, 6) is 0.416. The number of hydrogen-bond donors (Lipinski definition) is 2. The first-order chi connectivity index (χ1) is 6.72. The van der Waals surface area contributed by atoms with Gasteiger partial charge in [-0.15, -0.1) is 0 Å². The molecule has 1 aromatic rings. The molecule has 14 heavy (non-hydrogen) atoms. The van der Waals surface area contributed by atoms with Crippen LogP contribution < -0.4 is 9.47 Å². The summed E-state index contributed by atoms with van der Waals surface area (Å²) >= 11 is 0. The SMILES string of the molecule is COc1ncc(C(O)CO)nc1OC. The first-order valence-electron chi connectivity index (χ1n) is 3.96. The average Bonchev–Trinajstić information content (AvgIpc) is 2.26. The standard InChI is InChI=1S/C8H12N2O4/c1-13-7-8(14-2)10-5(3-9-7)6(12)4-11/h3,6,11-12H,4H2,1-2H3. The molecule has 1 rings (SSSR count). The van der Waals surface area contributed by atoms with Gasteiger partial charge in [-0.25, -0.2) is 9.97 Å². The Balaban J connectivity index is 3.01. The van der Waals surface area contributed by atoms with Crippen molar-refractivity contribution in [2.45, 2.75) is 6.10 Å². The van der Waals surface area contributed by atoms with Crippen LogP contribution in [0.5, 0.6) is 11.8 Å². The first-order valence-corrected chi connectivity index (χ1v) is 3.96. The lowest BCUT2D eigenvalue weighted by Gasteiger charge is -2.09. The van der Waals surface area contributed by atoms with E-state index >= 15 is 0 Å². The van der Waals surface area contributed by atoms with Crippen molar-refractivity contribution in [3.05, 3.63) is 11.9 Å². The van der Waals surface area contributed by atoms with E-state index in [9.17, 15) is 5.11 Å². The third kappa shape index (κ3) is 2.09. The van der Waals surface area contributed by atoms with Gasteiger partial charge in [0.25, 0.3) is 11.8 Å². The summed E-state index contributed by atoms with van der Waals surface area (Å²) < 4.78 is 9.74. The van der Waals surface area contributed by atoms with Crippen LogP contribution >= 0.6 is 0 Å². The largest absolute Gasteiger partial charge is 0.477 e. The normalized spacial score (nSPS) is 12.3. The van der Waals surface area contributed by atoms with Gasteiger partial charge in [-0.2, -0.15) is 0 Å². The van der Waals surface area contributed by atoms with Crippen LogP contribution in [0.15, 0.2) is 6.20 Å². The molecule has 0 aliphatic heterocycles. The van der Waals surface area contributed by atoms with Gasteiger partial charge in [0.05, 0.1) is 32.7 Å². The molecule has 0 saturated carbocycles. The Bertz CT molecular complexity index is 305. The van der Waals surface area contributed by atoms with Crippen molar-refractivity contribution in [2.75, 3.05) is 20.8 Å². The Morgan fingerprint density at radius 3 is 2.50 bits per heavy atom. The average molecular weight is 200 g/mol. The molecule has 1 aromatic heterocycles. The number of ether oxygens (including phenoxy) is 2. The summed E-state index contributed by atoms with van der Waals surface area (Å²) in [7, 11) is 2.86. The quantitative estimate of drug-likeness (QED) is 0.682. The van der Waals surface area contributed by atoms with E-state index in [1.165, 1.54) is 20.4 Å². The molecular weight excluding hydrogens is 188 g/mol. The van der Waals surface area contributed by atoms with Crippen molar-refractivity contribution >= 4 is 0 Å². The van der Waals surface area contributed by atoms with Crippen LogP contribution in [0.25, 0.3) is 0 Å². The van der Waals surface area contributed by atoms with Crippen molar-refractivity contribution in [3.8, 4) is 11.8 Å². The van der Waals surface area contributed by atoms with Crippen LogP contribution in [-0.2, 0) is 0 Å². The molecule has 0 bridgehead atoms. The number of rotatable bonds is 4. The molecule has 0 spiro atoms. The molecular formula is C8H12N2O4. The summed E-state index contributed by atoms with van der Waals surface area (Å²) in [5.41, 5.74) is 0.241. The number of aliphatic hydroxyl groups is 2. The van der Waals surface area contributed by atoms with Gasteiger partial charge in [-0.05, 0) is 0 Å². The molecule has 0 radical (unpaired) electrons. The van der Waals surface area contributed by atoms with Gasteiger partial charge in [-0.1, -0.05) is 0 Å². The molecule has 2 N–H and O–H groups in total. The van der Waals surface area contributed by atoms with Crippen LogP contribution in [0, 0.1) is 0 Å². The molecule has 1 heterocycles. The Kier molecular flexibility index (Phi) is 3.61. The van der Waals surface area contributed by atoms with E-state index in [4.69, 9.17) is 14.6 Å². The molecule has 1 unspecified atom stereocenters. The molecule has 0 aliphatic carbocycles. The highest BCUT2D eigenvalue weighted by molar-refractivity contribution is 5.26. The van der Waals surface area contributed by atoms with Gasteiger partial charge >= 0.3 is 0 Å². The third-order valence-corrected chi connectivity index (χ3v) is 1.63. The number of methoxy groups -OCH3 is 2. The zero-order chi connectivity index (χ0) is 10.6. The van der Waals surface area contributed by atoms with Crippen molar-refractivity contribution < 1.29 is 19.7 Å². The monoisotopic (exact) mass is 200 g/mol. The summed E-state index contributed by atoms with van der Waals surface area (Å²) in [5, 5.41) is 18.0. The van der Waals surface area contributed by atoms with Crippen molar-refractivity contribution in [1.29, 1.82) is 0 Å². The Labute approximate surface area is 81.1 Å². The Hall–Kier alpha value is -1.40. The Morgan fingerprint density at radius 2 is 2.00 bits per heavy atom. The van der Waals surface area contributed by atoms with Gasteiger partial charge in [0, 0.05) is 0 Å². The van der Waals surface area contributed by atoms with Crippen LogP contribution in [0.4, 0.5) is 0 Å². The summed E-state index contributed by atoms with van der Waals surface area (Å²) in [6, 6.07) is 0. The fraction of sp³-hybridized carbons (Fsp3) is 0.500. The minimum atomic E-state index is -1.05. The van der Waals surface area contributed by atoms with Gasteiger partial charge in [0.1, 0.15) is 6.10 Å². The molecule has 0 aliphatic rings. The van der Waals surface area contributed by atoms with E-state index in [1.54, 1.807) is 0 Å². The van der Waals surface area contributed by atoms with Gasteiger partial charge in [-0.3, -0.25) is 0 Å². The predicted octanol–water partition coefficient (Wildman–Crippen LogP) is -0.481. The maximum absolute atomic E-state index is 9.26. The second kappa shape index (κ2) is 4.73. The smallest absolute Gasteiger partial charge is 0.278 e. The number of hydrogen-bond acceptors (Lipinski definition) is 6. The highest BCUT2D eigenvalue weighted by Gasteiger charge is 2.13. The molecule has 78 valence electrons. The van der Waals surface area contributed by atoms with Crippen LogP contribution in [-0.4, -0.2) is 41.0 Å². The van der Waals surface area contributed by atoms with Gasteiger partial charge < -0.3 is 19.7 Å². The van der Waals surface area contributed by atoms with E-state index in [-0.39, 0.29) is 17.5 Å². The zero-order valence-electron chi connectivity index (χ0n) is 7.97. The molecule has 6 nitrogen and oxygen atoms in total. The fourth-order valence-corrected chi connectivity index (χ4v) is 0.901. The first kappa shape index (κ1) is 10.7. The molecule has 0 amide bonds. The van der Waals surface area contributed by atoms with E-state index in [1.807, 2.05) is 0 Å². The number of aliphatic hydroxyl groups excluding tert-OH is 2. The minimum absolute atomic E-state index is 0.178. The van der Waals surface area contributed by atoms with Gasteiger partial charge in [0.15, 0.2) is 0 Å². The number of aromatic nitrogens is 2. The molecule has 0 fully saturated rings. The van der Waals surface area contributed by atoms with E-state index in [2.05, 4.69) is 9.97 Å². The maximum atomic E-state index is 9.26. The third-order valence-electron chi connectivity index (χ3n) is 1.63. The highest BCUT2D eigenvalue weighted by Crippen LogP contribution is 2.22. The summed E-state index contributed by atoms with van der Waals surface area (Å²) in [4.78, 5) is 7.77. The van der Waals surface area contributed by atoms with Crippen molar-refractivity contribution in [2.24, 2.45) is 0 Å². The lowest BCUT2D eigenvalue weighted by atomic mass is 10.3. The van der Waals surface area contributed by atoms with Crippen LogP contribution in [0.2, 0.25) is 0 Å². The van der Waals surface area contributed by atoms with E-state index in [0.717, 1.165) is 0 Å². The van der Waals surface area contributed by atoms with Gasteiger partial charge in [0.2, 0.25) is 0 Å². The highest BCUT2D eigenvalue weighted by atomic mass is 16.5. The predicted molar refractivity (Wildman–Crippen MR) is 47.2 cm³/mol. The topological polar surface area (TPSA) is 84.7 Å².